The first-order valence-electron chi connectivity index (χ1n) is 6.79. The van der Waals surface area contributed by atoms with Crippen molar-refractivity contribution in [3.8, 4) is 0 Å². The maximum Gasteiger partial charge on any atom is 0.0222 e. The highest BCUT2D eigenvalue weighted by molar-refractivity contribution is 4.86. The molecule has 0 aliphatic carbocycles. The number of nitrogens with zero attached hydrogens (tertiary/aromatic N) is 2. The van der Waals surface area contributed by atoms with Gasteiger partial charge in [-0.1, -0.05) is 13.8 Å². The van der Waals surface area contributed by atoms with E-state index in [1.54, 1.807) is 0 Å². The van der Waals surface area contributed by atoms with Crippen molar-refractivity contribution in [3.63, 3.8) is 0 Å². The summed E-state index contributed by atoms with van der Waals surface area (Å²) in [5.41, 5.74) is 0. The Labute approximate surface area is 101 Å². The van der Waals surface area contributed by atoms with Gasteiger partial charge in [0.1, 0.15) is 0 Å². The number of nitrogens with one attached hydrogen (secondary N) is 1. The molecule has 0 aromatic heterocycles. The summed E-state index contributed by atoms with van der Waals surface area (Å²) in [6.45, 7) is 14.1. The van der Waals surface area contributed by atoms with Crippen LogP contribution in [0, 0.1) is 0 Å². The molecule has 1 aliphatic heterocycles. The molecule has 1 aliphatic rings. The Hall–Kier alpha value is -0.120. The predicted octanol–water partition coefficient (Wildman–Crippen LogP) is 1.40. The van der Waals surface area contributed by atoms with Crippen LogP contribution in [0.3, 0.4) is 0 Å². The average molecular weight is 227 g/mol. The van der Waals surface area contributed by atoms with Gasteiger partial charge in [0.15, 0.2) is 0 Å². The Kier molecular flexibility index (Phi) is 5.73. The third-order valence-electron chi connectivity index (χ3n) is 4.17. The van der Waals surface area contributed by atoms with Crippen LogP contribution >= 0.6 is 0 Å². The summed E-state index contributed by atoms with van der Waals surface area (Å²) in [4.78, 5) is 5.21. The van der Waals surface area contributed by atoms with E-state index in [1.165, 1.54) is 32.6 Å². The van der Waals surface area contributed by atoms with E-state index in [1.807, 2.05) is 0 Å². The molecule has 1 fully saturated rings. The average Bonchev–Trinajstić information content (AvgIpc) is 2.30. The minimum atomic E-state index is 0.625. The first kappa shape index (κ1) is 13.9. The van der Waals surface area contributed by atoms with E-state index >= 15 is 0 Å². The molecule has 1 rings (SSSR count). The largest absolute Gasteiger partial charge is 0.315 e. The molecule has 16 heavy (non-hydrogen) atoms. The number of rotatable bonds is 5. The maximum absolute atomic E-state index is 3.43. The van der Waals surface area contributed by atoms with Crippen LogP contribution in [-0.4, -0.2) is 61.2 Å². The molecule has 3 unspecified atom stereocenters. The van der Waals surface area contributed by atoms with Crippen LogP contribution < -0.4 is 5.32 Å². The highest BCUT2D eigenvalue weighted by Gasteiger charge is 2.28. The molecule has 96 valence electrons. The second-order valence-electron chi connectivity index (χ2n) is 5.02. The smallest absolute Gasteiger partial charge is 0.0222 e. The predicted molar refractivity (Wildman–Crippen MR) is 70.9 cm³/mol. The van der Waals surface area contributed by atoms with E-state index < -0.39 is 0 Å². The zero-order chi connectivity index (χ0) is 12.1. The normalized spacial score (nSPS) is 27.9. The summed E-state index contributed by atoms with van der Waals surface area (Å²) >= 11 is 0. The van der Waals surface area contributed by atoms with Gasteiger partial charge in [-0.25, -0.2) is 0 Å². The quantitative estimate of drug-likeness (QED) is 0.766. The van der Waals surface area contributed by atoms with Crippen LogP contribution in [0.25, 0.3) is 0 Å². The molecule has 3 atom stereocenters. The third kappa shape index (κ3) is 3.19. The lowest BCUT2D eigenvalue weighted by molar-refractivity contribution is 0.0520. The van der Waals surface area contributed by atoms with Crippen molar-refractivity contribution in [1.29, 1.82) is 0 Å². The summed E-state index contributed by atoms with van der Waals surface area (Å²) in [5, 5.41) is 3.43. The van der Waals surface area contributed by atoms with Gasteiger partial charge in [0, 0.05) is 37.8 Å². The molecule has 0 bridgehead atoms. The summed E-state index contributed by atoms with van der Waals surface area (Å²) in [5.74, 6) is 0. The highest BCUT2D eigenvalue weighted by Crippen LogP contribution is 2.14. The highest BCUT2D eigenvalue weighted by atomic mass is 15.3. The molecule has 0 aromatic rings. The molecular weight excluding hydrogens is 198 g/mol. The lowest BCUT2D eigenvalue weighted by atomic mass is 10.0. The zero-order valence-corrected chi connectivity index (χ0v) is 11.7. The topological polar surface area (TPSA) is 18.5 Å². The standard InChI is InChI=1S/C13H29N3/c1-6-13(14-5)12(4)16-9-8-15(7-2)11(3)10-16/h11-14H,6-10H2,1-5H3. The van der Waals surface area contributed by atoms with Crippen molar-refractivity contribution >= 4 is 0 Å². The number of hydrogen-bond donors (Lipinski definition) is 1. The molecule has 1 saturated heterocycles. The van der Waals surface area contributed by atoms with Crippen molar-refractivity contribution in [3.05, 3.63) is 0 Å². The Morgan fingerprint density at radius 2 is 2.00 bits per heavy atom. The Bertz CT molecular complexity index is 192. The van der Waals surface area contributed by atoms with E-state index in [4.69, 9.17) is 0 Å². The molecule has 0 saturated carbocycles. The van der Waals surface area contributed by atoms with Crippen molar-refractivity contribution in [2.24, 2.45) is 0 Å². The van der Waals surface area contributed by atoms with Gasteiger partial charge >= 0.3 is 0 Å². The van der Waals surface area contributed by atoms with Crippen LogP contribution in [0.4, 0.5) is 0 Å². The van der Waals surface area contributed by atoms with Gasteiger partial charge in [-0.2, -0.15) is 0 Å². The SMILES string of the molecule is CCC(NC)C(C)N1CCN(CC)C(C)C1. The summed E-state index contributed by atoms with van der Waals surface area (Å²) in [7, 11) is 2.08. The molecule has 0 amide bonds. The summed E-state index contributed by atoms with van der Waals surface area (Å²) < 4.78 is 0. The molecule has 1 N–H and O–H groups in total. The van der Waals surface area contributed by atoms with E-state index in [-0.39, 0.29) is 0 Å². The molecule has 3 heteroatoms. The molecule has 0 radical (unpaired) electrons. The van der Waals surface area contributed by atoms with Crippen molar-refractivity contribution in [2.45, 2.75) is 52.2 Å². The number of piperazine rings is 1. The summed E-state index contributed by atoms with van der Waals surface area (Å²) in [6.07, 6.45) is 1.21. The Morgan fingerprint density at radius 3 is 2.44 bits per heavy atom. The Morgan fingerprint density at radius 1 is 1.31 bits per heavy atom. The number of likely N-dealkylation sites (N-methyl/N-ethyl adjacent to an activating group) is 2. The van der Waals surface area contributed by atoms with Crippen LogP contribution in [0.15, 0.2) is 0 Å². The van der Waals surface area contributed by atoms with Gasteiger partial charge in [-0.05, 0) is 33.9 Å². The first-order chi connectivity index (χ1) is 7.63. The van der Waals surface area contributed by atoms with Gasteiger partial charge in [-0.3, -0.25) is 9.80 Å². The van der Waals surface area contributed by atoms with Gasteiger partial charge < -0.3 is 5.32 Å². The monoisotopic (exact) mass is 227 g/mol. The van der Waals surface area contributed by atoms with E-state index in [9.17, 15) is 0 Å². The van der Waals surface area contributed by atoms with Crippen molar-refractivity contribution < 1.29 is 0 Å². The fourth-order valence-corrected chi connectivity index (χ4v) is 2.90. The maximum atomic E-state index is 3.43. The second-order valence-corrected chi connectivity index (χ2v) is 5.02. The van der Waals surface area contributed by atoms with Crippen LogP contribution in [0.1, 0.15) is 34.1 Å². The summed E-state index contributed by atoms with van der Waals surface area (Å²) in [6, 6.07) is 1.98. The van der Waals surface area contributed by atoms with Gasteiger partial charge in [0.05, 0.1) is 0 Å². The fourth-order valence-electron chi connectivity index (χ4n) is 2.90. The van der Waals surface area contributed by atoms with Crippen LogP contribution in [-0.2, 0) is 0 Å². The van der Waals surface area contributed by atoms with Crippen LogP contribution in [0.2, 0.25) is 0 Å². The molecule has 0 aromatic carbocycles. The molecular formula is C13H29N3. The lowest BCUT2D eigenvalue weighted by Gasteiger charge is -2.44. The van der Waals surface area contributed by atoms with E-state index in [0.29, 0.717) is 18.1 Å². The third-order valence-corrected chi connectivity index (χ3v) is 4.17. The minimum absolute atomic E-state index is 0.625. The first-order valence-corrected chi connectivity index (χ1v) is 6.79. The van der Waals surface area contributed by atoms with Gasteiger partial charge in [0.2, 0.25) is 0 Å². The zero-order valence-electron chi connectivity index (χ0n) is 11.7. The van der Waals surface area contributed by atoms with Gasteiger partial charge in [0.25, 0.3) is 0 Å². The van der Waals surface area contributed by atoms with Gasteiger partial charge in [-0.15, -0.1) is 0 Å². The van der Waals surface area contributed by atoms with E-state index in [2.05, 4.69) is 49.9 Å². The van der Waals surface area contributed by atoms with Crippen LogP contribution in [0.5, 0.6) is 0 Å². The molecule has 3 nitrogen and oxygen atoms in total. The molecule has 1 heterocycles. The van der Waals surface area contributed by atoms with Crippen molar-refractivity contribution in [2.75, 3.05) is 33.2 Å². The minimum Gasteiger partial charge on any atom is -0.315 e. The second kappa shape index (κ2) is 6.58. The lowest BCUT2D eigenvalue weighted by Crippen LogP contribution is -2.57. The molecule has 0 spiro atoms. The fraction of sp³-hybridized carbons (Fsp3) is 1.00. The van der Waals surface area contributed by atoms with E-state index in [0.717, 1.165) is 0 Å². The Balaban J connectivity index is 2.50. The number of hydrogen-bond acceptors (Lipinski definition) is 3. The van der Waals surface area contributed by atoms with Crippen molar-refractivity contribution in [1.82, 2.24) is 15.1 Å².